The van der Waals surface area contributed by atoms with Crippen molar-refractivity contribution in [2.45, 2.75) is 13.5 Å². The third-order valence-corrected chi connectivity index (χ3v) is 4.43. The minimum absolute atomic E-state index is 0.740. The molecule has 0 spiro atoms. The smallest absolute Gasteiger partial charge is 0.0551 e. The van der Waals surface area contributed by atoms with Gasteiger partial charge in [0.25, 0.3) is 0 Å². The summed E-state index contributed by atoms with van der Waals surface area (Å²) in [5.41, 5.74) is 4.75. The molecule has 20 heavy (non-hydrogen) atoms. The zero-order valence-electron chi connectivity index (χ0n) is 11.9. The van der Waals surface area contributed by atoms with E-state index in [9.17, 15) is 0 Å². The molecule has 4 heteroatoms. The summed E-state index contributed by atoms with van der Waals surface area (Å²) in [4.78, 5) is 2.10. The van der Waals surface area contributed by atoms with Crippen molar-refractivity contribution in [3.8, 4) is 0 Å². The molecule has 106 valence electrons. The lowest BCUT2D eigenvalue weighted by Gasteiger charge is -2.16. The molecule has 2 aromatic carbocycles. The van der Waals surface area contributed by atoms with E-state index in [2.05, 4.69) is 57.3 Å². The second kappa shape index (κ2) is 6.51. The van der Waals surface area contributed by atoms with E-state index in [1.165, 1.54) is 11.3 Å². The Morgan fingerprint density at radius 3 is 2.50 bits per heavy atom. The summed E-state index contributed by atoms with van der Waals surface area (Å²) in [6.07, 6.45) is 0. The molecule has 0 saturated carbocycles. The molecule has 0 aromatic heterocycles. The highest BCUT2D eigenvalue weighted by Crippen LogP contribution is 2.25. The van der Waals surface area contributed by atoms with Crippen LogP contribution >= 0.6 is 27.5 Å². The van der Waals surface area contributed by atoms with Crippen LogP contribution < -0.4 is 10.2 Å². The highest BCUT2D eigenvalue weighted by atomic mass is 79.9. The minimum Gasteiger partial charge on any atom is -0.381 e. The van der Waals surface area contributed by atoms with Crippen LogP contribution in [-0.2, 0) is 6.54 Å². The Kier molecular flexibility index (Phi) is 4.95. The van der Waals surface area contributed by atoms with Crippen molar-refractivity contribution in [1.82, 2.24) is 0 Å². The van der Waals surface area contributed by atoms with Gasteiger partial charge in [-0.3, -0.25) is 0 Å². The first kappa shape index (κ1) is 15.2. The van der Waals surface area contributed by atoms with Gasteiger partial charge in [-0.25, -0.2) is 0 Å². The number of aryl methyl sites for hydroxylation is 1. The molecule has 0 saturated heterocycles. The predicted octanol–water partition coefficient (Wildman–Crippen LogP) is 5.09. The molecule has 0 aliphatic rings. The van der Waals surface area contributed by atoms with E-state index in [0.717, 1.165) is 27.3 Å². The highest BCUT2D eigenvalue weighted by Gasteiger charge is 2.03. The fraction of sp³-hybridized carbons (Fsp3) is 0.250. The molecule has 0 aliphatic heterocycles. The Labute approximate surface area is 133 Å². The average molecular weight is 354 g/mol. The van der Waals surface area contributed by atoms with Gasteiger partial charge in [-0.05, 0) is 64.3 Å². The minimum atomic E-state index is 0.740. The van der Waals surface area contributed by atoms with Crippen LogP contribution in [0.4, 0.5) is 11.4 Å². The molecule has 0 atom stereocenters. The van der Waals surface area contributed by atoms with Gasteiger partial charge in [0.2, 0.25) is 0 Å². The first-order chi connectivity index (χ1) is 9.47. The molecular formula is C16H18BrClN2. The van der Waals surface area contributed by atoms with Crippen molar-refractivity contribution in [3.05, 3.63) is 57.0 Å². The van der Waals surface area contributed by atoms with E-state index in [1.54, 1.807) is 0 Å². The van der Waals surface area contributed by atoms with Crippen LogP contribution in [0, 0.1) is 6.92 Å². The van der Waals surface area contributed by atoms with Gasteiger partial charge < -0.3 is 10.2 Å². The van der Waals surface area contributed by atoms with Gasteiger partial charge in [0.1, 0.15) is 0 Å². The summed E-state index contributed by atoms with van der Waals surface area (Å²) < 4.78 is 0.925. The molecular weight excluding hydrogens is 336 g/mol. The Balaban J connectivity index is 2.09. The average Bonchev–Trinajstić information content (AvgIpc) is 2.41. The molecule has 2 nitrogen and oxygen atoms in total. The molecule has 0 heterocycles. The Hall–Kier alpha value is -1.19. The number of hydrogen-bond acceptors (Lipinski definition) is 2. The summed E-state index contributed by atoms with van der Waals surface area (Å²) in [7, 11) is 4.09. The lowest BCUT2D eigenvalue weighted by molar-refractivity contribution is 1.11. The number of nitrogens with zero attached hydrogens (tertiary/aromatic N) is 1. The summed E-state index contributed by atoms with van der Waals surface area (Å²) >= 11 is 9.50. The van der Waals surface area contributed by atoms with Crippen LogP contribution in [0.15, 0.2) is 40.9 Å². The SMILES string of the molecule is Cc1cc(N(C)C)ccc1NCc1ccc(Br)c(Cl)c1. The van der Waals surface area contributed by atoms with E-state index in [1.807, 2.05) is 26.2 Å². The van der Waals surface area contributed by atoms with Crippen LogP contribution in [0.5, 0.6) is 0 Å². The highest BCUT2D eigenvalue weighted by molar-refractivity contribution is 9.10. The Bertz CT molecular complexity index is 611. The number of halogens is 2. The molecule has 2 rings (SSSR count). The number of hydrogen-bond donors (Lipinski definition) is 1. The molecule has 1 N–H and O–H groups in total. The number of benzene rings is 2. The maximum absolute atomic E-state index is 6.10. The second-order valence-electron chi connectivity index (χ2n) is 5.00. The van der Waals surface area contributed by atoms with Crippen molar-refractivity contribution < 1.29 is 0 Å². The quantitative estimate of drug-likeness (QED) is 0.823. The zero-order chi connectivity index (χ0) is 14.7. The topological polar surface area (TPSA) is 15.3 Å². The van der Waals surface area contributed by atoms with Crippen molar-refractivity contribution in [2.75, 3.05) is 24.3 Å². The first-order valence-electron chi connectivity index (χ1n) is 6.43. The van der Waals surface area contributed by atoms with E-state index in [-0.39, 0.29) is 0 Å². The van der Waals surface area contributed by atoms with Gasteiger partial charge in [-0.1, -0.05) is 17.7 Å². The summed E-state index contributed by atoms with van der Waals surface area (Å²) in [6.45, 7) is 2.87. The number of rotatable bonds is 4. The standard InChI is InChI=1S/C16H18BrClN2/c1-11-8-13(20(2)3)5-7-16(11)19-10-12-4-6-14(17)15(18)9-12/h4-9,19H,10H2,1-3H3. The van der Waals surface area contributed by atoms with Crippen molar-refractivity contribution >= 4 is 38.9 Å². The van der Waals surface area contributed by atoms with Crippen molar-refractivity contribution in [1.29, 1.82) is 0 Å². The molecule has 0 radical (unpaired) electrons. The molecule has 2 aromatic rings. The van der Waals surface area contributed by atoms with Gasteiger partial charge in [0, 0.05) is 36.5 Å². The normalized spacial score (nSPS) is 10.4. The zero-order valence-corrected chi connectivity index (χ0v) is 14.2. The maximum atomic E-state index is 6.10. The molecule has 0 bridgehead atoms. The van der Waals surface area contributed by atoms with Crippen LogP contribution in [0.3, 0.4) is 0 Å². The molecule has 0 aliphatic carbocycles. The van der Waals surface area contributed by atoms with Gasteiger partial charge in [0.15, 0.2) is 0 Å². The van der Waals surface area contributed by atoms with E-state index in [4.69, 9.17) is 11.6 Å². The van der Waals surface area contributed by atoms with Gasteiger partial charge in [0.05, 0.1) is 5.02 Å². The predicted molar refractivity (Wildman–Crippen MR) is 92.0 cm³/mol. The lowest BCUT2D eigenvalue weighted by atomic mass is 10.1. The van der Waals surface area contributed by atoms with Crippen molar-refractivity contribution in [2.24, 2.45) is 0 Å². The summed E-state index contributed by atoms with van der Waals surface area (Å²) in [5.74, 6) is 0. The number of anilines is 2. The second-order valence-corrected chi connectivity index (χ2v) is 6.26. The fourth-order valence-corrected chi connectivity index (χ4v) is 2.42. The lowest BCUT2D eigenvalue weighted by Crippen LogP contribution is -2.09. The van der Waals surface area contributed by atoms with E-state index >= 15 is 0 Å². The first-order valence-corrected chi connectivity index (χ1v) is 7.60. The number of nitrogens with one attached hydrogen (secondary N) is 1. The third kappa shape index (κ3) is 3.68. The molecule has 0 amide bonds. The van der Waals surface area contributed by atoms with Gasteiger partial charge in [-0.2, -0.15) is 0 Å². The fourth-order valence-electron chi connectivity index (χ4n) is 1.97. The molecule has 0 unspecified atom stereocenters. The van der Waals surface area contributed by atoms with Crippen LogP contribution in [0.2, 0.25) is 5.02 Å². The van der Waals surface area contributed by atoms with Gasteiger partial charge in [-0.15, -0.1) is 0 Å². The van der Waals surface area contributed by atoms with Crippen LogP contribution in [0.1, 0.15) is 11.1 Å². The monoisotopic (exact) mass is 352 g/mol. The largest absolute Gasteiger partial charge is 0.381 e. The Morgan fingerprint density at radius 1 is 1.15 bits per heavy atom. The van der Waals surface area contributed by atoms with E-state index in [0.29, 0.717) is 0 Å². The third-order valence-electron chi connectivity index (χ3n) is 3.19. The van der Waals surface area contributed by atoms with Crippen LogP contribution in [-0.4, -0.2) is 14.1 Å². The summed E-state index contributed by atoms with van der Waals surface area (Å²) in [5, 5.41) is 4.19. The van der Waals surface area contributed by atoms with Gasteiger partial charge >= 0.3 is 0 Å². The van der Waals surface area contributed by atoms with Crippen molar-refractivity contribution in [3.63, 3.8) is 0 Å². The molecule has 0 fully saturated rings. The Morgan fingerprint density at radius 2 is 1.90 bits per heavy atom. The van der Waals surface area contributed by atoms with E-state index < -0.39 is 0 Å². The summed E-state index contributed by atoms with van der Waals surface area (Å²) in [6, 6.07) is 12.4. The maximum Gasteiger partial charge on any atom is 0.0551 e. The van der Waals surface area contributed by atoms with Crippen LogP contribution in [0.25, 0.3) is 0 Å².